The lowest BCUT2D eigenvalue weighted by Gasteiger charge is -2.10. The number of amides is 2. The number of carbonyl (C=O) groups excluding carboxylic acids is 2. The third-order valence-corrected chi connectivity index (χ3v) is 4.71. The van der Waals surface area contributed by atoms with Crippen molar-refractivity contribution in [2.75, 3.05) is 5.32 Å². The van der Waals surface area contributed by atoms with Crippen LogP contribution >= 0.6 is 33.9 Å². The summed E-state index contributed by atoms with van der Waals surface area (Å²) in [5.74, 6) is -0.751. The van der Waals surface area contributed by atoms with Gasteiger partial charge < -0.3 is 15.1 Å². The molecular weight excluding hydrogens is 451 g/mol. The van der Waals surface area contributed by atoms with Gasteiger partial charge in [0, 0.05) is 14.1 Å². The van der Waals surface area contributed by atoms with Crippen molar-refractivity contribution in [3.8, 4) is 0 Å². The predicted octanol–water partition coefficient (Wildman–Crippen LogP) is 4.36. The Morgan fingerprint density at radius 2 is 1.88 bits per heavy atom. The van der Waals surface area contributed by atoms with Gasteiger partial charge in [-0.25, -0.2) is 0 Å². The maximum absolute atomic E-state index is 12.6. The van der Waals surface area contributed by atoms with E-state index in [0.29, 0.717) is 5.69 Å². The van der Waals surface area contributed by atoms with Gasteiger partial charge >= 0.3 is 0 Å². The molecule has 2 aromatic heterocycles. The molecule has 3 aromatic rings. The van der Waals surface area contributed by atoms with Crippen molar-refractivity contribution in [1.29, 1.82) is 0 Å². The summed E-state index contributed by atoms with van der Waals surface area (Å²) in [6, 6.07) is 14.3. The number of rotatable bonds is 5. The molecule has 0 saturated heterocycles. The van der Waals surface area contributed by atoms with Crippen LogP contribution in [0.4, 0.5) is 5.69 Å². The Bertz CT molecular complexity index is 885. The summed E-state index contributed by atoms with van der Waals surface area (Å²) in [6.07, 6.45) is 3.04. The first-order chi connectivity index (χ1) is 12.1. The Morgan fingerprint density at radius 1 is 1.08 bits per heavy atom. The first-order valence-corrected chi connectivity index (χ1v) is 9.24. The van der Waals surface area contributed by atoms with Crippen LogP contribution in [0, 0.1) is 3.57 Å². The van der Waals surface area contributed by atoms with Crippen LogP contribution in [0.2, 0.25) is 0 Å². The second-order valence-corrected chi connectivity index (χ2v) is 7.19. The summed E-state index contributed by atoms with van der Waals surface area (Å²) in [5, 5.41) is 7.29. The summed E-state index contributed by atoms with van der Waals surface area (Å²) < 4.78 is 6.14. The maximum atomic E-state index is 12.6. The molecule has 0 atom stereocenters. The highest BCUT2D eigenvalue weighted by Crippen LogP contribution is 2.16. The lowest BCUT2D eigenvalue weighted by molar-refractivity contribution is -0.113. The van der Waals surface area contributed by atoms with Gasteiger partial charge in [0.15, 0.2) is 5.76 Å². The number of benzene rings is 1. The van der Waals surface area contributed by atoms with Crippen molar-refractivity contribution in [3.63, 3.8) is 0 Å². The van der Waals surface area contributed by atoms with Crippen LogP contribution in [0.25, 0.3) is 6.08 Å². The second kappa shape index (κ2) is 8.13. The monoisotopic (exact) mass is 464 g/mol. The van der Waals surface area contributed by atoms with E-state index in [-0.39, 0.29) is 11.5 Å². The van der Waals surface area contributed by atoms with E-state index in [1.165, 1.54) is 23.7 Å². The van der Waals surface area contributed by atoms with E-state index in [1.54, 1.807) is 24.3 Å². The zero-order chi connectivity index (χ0) is 17.6. The van der Waals surface area contributed by atoms with Crippen molar-refractivity contribution in [1.82, 2.24) is 5.32 Å². The molecule has 0 spiro atoms. The molecule has 2 N–H and O–H groups in total. The van der Waals surface area contributed by atoms with Gasteiger partial charge in [0.05, 0.1) is 6.26 Å². The van der Waals surface area contributed by atoms with Crippen molar-refractivity contribution in [3.05, 3.63) is 80.1 Å². The molecule has 0 aliphatic rings. The molecule has 25 heavy (non-hydrogen) atoms. The fourth-order valence-electron chi connectivity index (χ4n) is 2.00. The minimum Gasteiger partial charge on any atom is -0.459 e. The largest absolute Gasteiger partial charge is 0.459 e. The van der Waals surface area contributed by atoms with E-state index < -0.39 is 11.8 Å². The number of carbonyl (C=O) groups is 2. The first kappa shape index (κ1) is 17.4. The molecule has 0 saturated carbocycles. The smallest absolute Gasteiger partial charge is 0.291 e. The second-order valence-electron chi connectivity index (χ2n) is 4.97. The molecule has 0 aliphatic carbocycles. The number of thiophene rings is 1. The summed E-state index contributed by atoms with van der Waals surface area (Å²) in [6.45, 7) is 0. The molecule has 0 radical (unpaired) electrons. The van der Waals surface area contributed by atoms with E-state index in [1.807, 2.05) is 29.6 Å². The highest BCUT2D eigenvalue weighted by atomic mass is 127. The number of hydrogen-bond donors (Lipinski definition) is 2. The molecule has 0 bridgehead atoms. The number of halogens is 1. The molecule has 2 heterocycles. The Kier molecular flexibility index (Phi) is 5.67. The topological polar surface area (TPSA) is 71.3 Å². The van der Waals surface area contributed by atoms with E-state index >= 15 is 0 Å². The SMILES string of the molecule is O=C(Nc1ccc(I)cc1)/C(=C\c1cccs1)NC(=O)c1ccco1. The van der Waals surface area contributed by atoms with Crippen molar-refractivity contribution in [2.45, 2.75) is 0 Å². The van der Waals surface area contributed by atoms with Gasteiger partial charge in [0.2, 0.25) is 0 Å². The fraction of sp³-hybridized carbons (Fsp3) is 0. The maximum Gasteiger partial charge on any atom is 0.291 e. The number of nitrogens with one attached hydrogen (secondary N) is 2. The quantitative estimate of drug-likeness (QED) is 0.436. The van der Waals surface area contributed by atoms with Crippen LogP contribution in [0.1, 0.15) is 15.4 Å². The van der Waals surface area contributed by atoms with Gasteiger partial charge in [-0.2, -0.15) is 0 Å². The third kappa shape index (κ3) is 4.80. The Hall–Kier alpha value is -2.39. The summed E-state index contributed by atoms with van der Waals surface area (Å²) >= 11 is 3.66. The summed E-state index contributed by atoms with van der Waals surface area (Å²) in [4.78, 5) is 25.7. The molecule has 0 fully saturated rings. The van der Waals surface area contributed by atoms with Gasteiger partial charge in [-0.3, -0.25) is 9.59 Å². The highest BCUT2D eigenvalue weighted by Gasteiger charge is 2.16. The zero-order valence-electron chi connectivity index (χ0n) is 12.9. The van der Waals surface area contributed by atoms with Crippen LogP contribution in [0.3, 0.4) is 0 Å². The first-order valence-electron chi connectivity index (χ1n) is 7.29. The molecule has 2 amide bonds. The highest BCUT2D eigenvalue weighted by molar-refractivity contribution is 14.1. The molecule has 0 aliphatic heterocycles. The standard InChI is InChI=1S/C18H13IN2O3S/c19-12-5-7-13(8-6-12)20-17(22)15(11-14-3-2-10-25-14)21-18(23)16-4-1-9-24-16/h1-11H,(H,20,22)(H,21,23)/b15-11+. The minimum atomic E-state index is -0.481. The average Bonchev–Trinajstić information content (AvgIpc) is 3.29. The van der Waals surface area contributed by atoms with Crippen LogP contribution < -0.4 is 10.6 Å². The van der Waals surface area contributed by atoms with E-state index in [9.17, 15) is 9.59 Å². The third-order valence-electron chi connectivity index (χ3n) is 3.17. The molecule has 1 aromatic carbocycles. The summed E-state index contributed by atoms with van der Waals surface area (Å²) in [7, 11) is 0. The predicted molar refractivity (Wildman–Crippen MR) is 106 cm³/mol. The Balaban J connectivity index is 1.81. The van der Waals surface area contributed by atoms with Crippen LogP contribution in [0.15, 0.2) is 70.3 Å². The van der Waals surface area contributed by atoms with Crippen molar-refractivity contribution < 1.29 is 14.0 Å². The zero-order valence-corrected chi connectivity index (χ0v) is 15.8. The lowest BCUT2D eigenvalue weighted by atomic mass is 10.2. The molecular formula is C18H13IN2O3S. The van der Waals surface area contributed by atoms with Crippen LogP contribution in [-0.4, -0.2) is 11.8 Å². The van der Waals surface area contributed by atoms with E-state index in [0.717, 1.165) is 8.45 Å². The lowest BCUT2D eigenvalue weighted by Crippen LogP contribution is -2.30. The van der Waals surface area contributed by atoms with Gasteiger partial charge in [-0.15, -0.1) is 11.3 Å². The Labute approximate surface area is 161 Å². The van der Waals surface area contributed by atoms with Gasteiger partial charge in [0.25, 0.3) is 11.8 Å². The fourth-order valence-corrected chi connectivity index (χ4v) is 3.01. The van der Waals surface area contributed by atoms with Gasteiger partial charge in [-0.1, -0.05) is 6.07 Å². The number of anilines is 1. The number of furan rings is 1. The average molecular weight is 464 g/mol. The van der Waals surface area contributed by atoms with Crippen molar-refractivity contribution in [2.24, 2.45) is 0 Å². The van der Waals surface area contributed by atoms with Crippen LogP contribution in [0.5, 0.6) is 0 Å². The van der Waals surface area contributed by atoms with Gasteiger partial charge in [-0.05, 0) is 76.5 Å². The van der Waals surface area contributed by atoms with Crippen molar-refractivity contribution >= 4 is 57.5 Å². The molecule has 3 rings (SSSR count). The van der Waals surface area contributed by atoms with Gasteiger partial charge in [0.1, 0.15) is 5.70 Å². The molecule has 7 heteroatoms. The molecule has 126 valence electrons. The molecule has 0 unspecified atom stereocenters. The Morgan fingerprint density at radius 3 is 2.52 bits per heavy atom. The van der Waals surface area contributed by atoms with E-state index in [2.05, 4.69) is 33.2 Å². The normalized spacial score (nSPS) is 11.2. The molecule has 5 nitrogen and oxygen atoms in total. The van der Waals surface area contributed by atoms with E-state index in [4.69, 9.17) is 4.42 Å². The minimum absolute atomic E-state index is 0.138. The van der Waals surface area contributed by atoms with Crippen LogP contribution in [-0.2, 0) is 4.79 Å². The summed E-state index contributed by atoms with van der Waals surface area (Å²) in [5.41, 5.74) is 0.789. The number of hydrogen-bond acceptors (Lipinski definition) is 4.